The lowest BCUT2D eigenvalue weighted by Gasteiger charge is -2.15. The predicted octanol–water partition coefficient (Wildman–Crippen LogP) is 3.66. The fourth-order valence-electron chi connectivity index (χ4n) is 1.73. The second-order valence-electron chi connectivity index (χ2n) is 4.93. The summed E-state index contributed by atoms with van der Waals surface area (Å²) in [5, 5.41) is 9.65. The highest BCUT2D eigenvalue weighted by molar-refractivity contribution is 5.37. The molecule has 1 aromatic carbocycles. The molecule has 0 radical (unpaired) electrons. The maximum absolute atomic E-state index is 9.65. The summed E-state index contributed by atoms with van der Waals surface area (Å²) in [4.78, 5) is 0. The Labute approximate surface area is 105 Å². The van der Waals surface area contributed by atoms with Crippen LogP contribution in [0.5, 0.6) is 5.75 Å². The molecule has 0 aliphatic rings. The summed E-state index contributed by atoms with van der Waals surface area (Å²) < 4.78 is 5.69. The van der Waals surface area contributed by atoms with Gasteiger partial charge in [0, 0.05) is 0 Å². The van der Waals surface area contributed by atoms with Crippen LogP contribution < -0.4 is 4.74 Å². The van der Waals surface area contributed by atoms with Crippen LogP contribution in [0.15, 0.2) is 18.2 Å². The van der Waals surface area contributed by atoms with Crippen LogP contribution in [0.25, 0.3) is 0 Å². The third-order valence-corrected chi connectivity index (χ3v) is 2.93. The number of aliphatic hydroxyl groups excluding tert-OH is 1. The third-order valence-electron chi connectivity index (χ3n) is 2.93. The Kier molecular flexibility index (Phi) is 5.49. The Hall–Kier alpha value is -1.02. The van der Waals surface area contributed by atoms with Crippen molar-refractivity contribution in [1.82, 2.24) is 0 Å². The minimum Gasteiger partial charge on any atom is -0.491 e. The maximum atomic E-state index is 9.65. The molecule has 0 spiro atoms. The Bertz CT molecular complexity index is 345. The Balaban J connectivity index is 2.66. The van der Waals surface area contributed by atoms with Crippen LogP contribution in [0.4, 0.5) is 0 Å². The van der Waals surface area contributed by atoms with E-state index in [1.807, 2.05) is 6.92 Å². The molecule has 1 atom stereocenters. The van der Waals surface area contributed by atoms with Crippen molar-refractivity contribution < 1.29 is 9.84 Å². The number of rotatable bonds is 6. The molecule has 0 aliphatic carbocycles. The zero-order valence-electron chi connectivity index (χ0n) is 11.4. The van der Waals surface area contributed by atoms with Crippen molar-refractivity contribution >= 4 is 0 Å². The second kappa shape index (κ2) is 6.65. The van der Waals surface area contributed by atoms with Crippen molar-refractivity contribution in [1.29, 1.82) is 0 Å². The van der Waals surface area contributed by atoms with Gasteiger partial charge in [-0.2, -0.15) is 0 Å². The zero-order valence-corrected chi connectivity index (χ0v) is 11.4. The van der Waals surface area contributed by atoms with E-state index in [0.29, 0.717) is 12.5 Å². The van der Waals surface area contributed by atoms with E-state index in [4.69, 9.17) is 4.74 Å². The van der Waals surface area contributed by atoms with Crippen molar-refractivity contribution in [3.05, 3.63) is 29.3 Å². The van der Waals surface area contributed by atoms with Gasteiger partial charge in [0.2, 0.25) is 0 Å². The minimum atomic E-state index is -0.359. The number of hydrogen-bond acceptors (Lipinski definition) is 2. The van der Waals surface area contributed by atoms with E-state index in [1.165, 1.54) is 5.56 Å². The van der Waals surface area contributed by atoms with E-state index in [1.54, 1.807) is 0 Å². The van der Waals surface area contributed by atoms with E-state index >= 15 is 0 Å². The van der Waals surface area contributed by atoms with E-state index in [0.717, 1.165) is 24.2 Å². The zero-order chi connectivity index (χ0) is 12.8. The van der Waals surface area contributed by atoms with Crippen molar-refractivity contribution in [2.24, 2.45) is 0 Å². The van der Waals surface area contributed by atoms with Crippen LogP contribution in [0.3, 0.4) is 0 Å². The highest BCUT2D eigenvalue weighted by atomic mass is 16.5. The average Bonchev–Trinajstić information content (AvgIpc) is 2.28. The molecule has 96 valence electrons. The smallest absolute Gasteiger partial charge is 0.122 e. The van der Waals surface area contributed by atoms with Crippen molar-refractivity contribution in [3.63, 3.8) is 0 Å². The number of aliphatic hydroxyl groups is 1. The van der Waals surface area contributed by atoms with E-state index < -0.39 is 0 Å². The molecule has 2 heteroatoms. The molecule has 2 nitrogen and oxygen atoms in total. The number of hydrogen-bond donors (Lipinski definition) is 1. The molecule has 0 fully saturated rings. The molecule has 0 aromatic heterocycles. The fraction of sp³-hybridized carbons (Fsp3) is 0.600. The Morgan fingerprint density at radius 2 is 2.00 bits per heavy atom. The summed E-state index contributed by atoms with van der Waals surface area (Å²) in [5.41, 5.74) is 2.40. The maximum Gasteiger partial charge on any atom is 0.122 e. The molecule has 0 saturated carbocycles. The summed E-state index contributed by atoms with van der Waals surface area (Å²) in [6.45, 7) is 8.82. The van der Waals surface area contributed by atoms with Crippen LogP contribution >= 0.6 is 0 Å². The van der Waals surface area contributed by atoms with Crippen LogP contribution in [0.2, 0.25) is 0 Å². The quantitative estimate of drug-likeness (QED) is 0.816. The van der Waals surface area contributed by atoms with Crippen LogP contribution in [0, 0.1) is 6.92 Å². The van der Waals surface area contributed by atoms with E-state index in [2.05, 4.69) is 39.0 Å². The normalized spacial score (nSPS) is 12.8. The molecular formula is C15H24O2. The van der Waals surface area contributed by atoms with Gasteiger partial charge in [-0.05, 0) is 36.5 Å². The molecule has 0 saturated heterocycles. The van der Waals surface area contributed by atoms with E-state index in [9.17, 15) is 5.11 Å². The van der Waals surface area contributed by atoms with Gasteiger partial charge in [0.15, 0.2) is 0 Å². The SMILES string of the molecule is CCCC(O)COc1cc(C(C)C)ccc1C. The lowest BCUT2D eigenvalue weighted by molar-refractivity contribution is 0.0989. The average molecular weight is 236 g/mol. The lowest BCUT2D eigenvalue weighted by Crippen LogP contribution is -2.17. The molecule has 1 unspecified atom stereocenters. The van der Waals surface area contributed by atoms with Crippen molar-refractivity contribution in [2.75, 3.05) is 6.61 Å². The molecule has 1 aromatic rings. The third kappa shape index (κ3) is 4.39. The largest absolute Gasteiger partial charge is 0.491 e. The topological polar surface area (TPSA) is 29.5 Å². The standard InChI is InChI=1S/C15H24O2/c1-5-6-14(16)10-17-15-9-13(11(2)3)8-7-12(15)4/h7-9,11,14,16H,5-6,10H2,1-4H3. The van der Waals surface area contributed by atoms with Crippen LogP contribution in [-0.4, -0.2) is 17.8 Å². The van der Waals surface area contributed by atoms with Crippen molar-refractivity contribution in [2.45, 2.75) is 52.6 Å². The molecule has 0 aliphatic heterocycles. The summed E-state index contributed by atoms with van der Waals surface area (Å²) in [5.74, 6) is 1.39. The fourth-order valence-corrected chi connectivity index (χ4v) is 1.73. The van der Waals surface area contributed by atoms with Crippen LogP contribution in [0.1, 0.15) is 50.7 Å². The van der Waals surface area contributed by atoms with Gasteiger partial charge in [0.05, 0.1) is 6.10 Å². The summed E-state index contributed by atoms with van der Waals surface area (Å²) in [7, 11) is 0. The summed E-state index contributed by atoms with van der Waals surface area (Å²) >= 11 is 0. The van der Waals surface area contributed by atoms with Gasteiger partial charge >= 0.3 is 0 Å². The first kappa shape index (κ1) is 14.0. The summed E-state index contributed by atoms with van der Waals surface area (Å²) in [6.07, 6.45) is 1.42. The van der Waals surface area contributed by atoms with Crippen LogP contribution in [-0.2, 0) is 0 Å². The number of aryl methyl sites for hydroxylation is 1. The van der Waals surface area contributed by atoms with Gasteiger partial charge in [-0.15, -0.1) is 0 Å². The Morgan fingerprint density at radius 1 is 1.29 bits per heavy atom. The van der Waals surface area contributed by atoms with E-state index in [-0.39, 0.29) is 6.10 Å². The highest BCUT2D eigenvalue weighted by Crippen LogP contribution is 2.24. The van der Waals surface area contributed by atoms with Gasteiger partial charge in [0.25, 0.3) is 0 Å². The van der Waals surface area contributed by atoms with Gasteiger partial charge in [-0.25, -0.2) is 0 Å². The first-order valence-electron chi connectivity index (χ1n) is 6.46. The monoisotopic (exact) mass is 236 g/mol. The number of ether oxygens (including phenoxy) is 1. The van der Waals surface area contributed by atoms with Gasteiger partial charge < -0.3 is 9.84 Å². The molecule has 17 heavy (non-hydrogen) atoms. The Morgan fingerprint density at radius 3 is 2.59 bits per heavy atom. The molecule has 0 heterocycles. The van der Waals surface area contributed by atoms with Gasteiger partial charge in [-0.3, -0.25) is 0 Å². The van der Waals surface area contributed by atoms with Crippen molar-refractivity contribution in [3.8, 4) is 5.75 Å². The highest BCUT2D eigenvalue weighted by Gasteiger charge is 2.07. The minimum absolute atomic E-state index is 0.359. The first-order chi connectivity index (χ1) is 8.04. The van der Waals surface area contributed by atoms with Gasteiger partial charge in [0.1, 0.15) is 12.4 Å². The molecule has 1 rings (SSSR count). The predicted molar refractivity (Wildman–Crippen MR) is 71.7 cm³/mol. The molecular weight excluding hydrogens is 212 g/mol. The summed E-state index contributed by atoms with van der Waals surface area (Å²) in [6, 6.07) is 6.30. The lowest BCUT2D eigenvalue weighted by atomic mass is 10.0. The number of benzene rings is 1. The molecule has 0 bridgehead atoms. The molecule has 0 amide bonds. The second-order valence-corrected chi connectivity index (χ2v) is 4.93. The molecule has 1 N–H and O–H groups in total. The first-order valence-corrected chi connectivity index (χ1v) is 6.46. The van der Waals surface area contributed by atoms with Gasteiger partial charge in [-0.1, -0.05) is 39.3 Å².